The van der Waals surface area contributed by atoms with Crippen LogP contribution in [0.25, 0.3) is 11.1 Å². The van der Waals surface area contributed by atoms with Crippen molar-refractivity contribution < 1.29 is 0 Å². The van der Waals surface area contributed by atoms with Crippen molar-refractivity contribution in [2.45, 2.75) is 25.3 Å². The first-order valence-electron chi connectivity index (χ1n) is 7.37. The number of likely N-dealkylation sites (N-methyl/N-ethyl adjacent to an activating group) is 1. The molecule has 0 atom stereocenters. The van der Waals surface area contributed by atoms with Gasteiger partial charge in [-0.2, -0.15) is 0 Å². The van der Waals surface area contributed by atoms with E-state index in [0.717, 1.165) is 17.9 Å². The summed E-state index contributed by atoms with van der Waals surface area (Å²) in [4.78, 5) is 4.33. The van der Waals surface area contributed by atoms with Gasteiger partial charge in [0.05, 0.1) is 11.9 Å². The molecule has 0 spiro atoms. The predicted molar refractivity (Wildman–Crippen MR) is 88.3 cm³/mol. The van der Waals surface area contributed by atoms with Gasteiger partial charge in [-0.05, 0) is 50.1 Å². The molecule has 1 aromatic carbocycles. The number of aryl methyl sites for hydroxylation is 1. The number of nitrogen functional groups attached to an aromatic ring is 1. The van der Waals surface area contributed by atoms with Gasteiger partial charge in [0.2, 0.25) is 0 Å². The molecule has 0 aliphatic heterocycles. The highest BCUT2D eigenvalue weighted by Gasteiger charge is 2.40. The highest BCUT2D eigenvalue weighted by atomic mass is 15.1. The molecule has 4 heteroatoms. The molecule has 110 valence electrons. The maximum Gasteiger partial charge on any atom is 0.0609 e. The van der Waals surface area contributed by atoms with Gasteiger partial charge in [0.1, 0.15) is 0 Å². The van der Waals surface area contributed by atoms with Crippen LogP contribution in [0, 0.1) is 6.92 Å². The first-order chi connectivity index (χ1) is 10.1. The van der Waals surface area contributed by atoms with Crippen LogP contribution in [0.1, 0.15) is 18.4 Å². The summed E-state index contributed by atoms with van der Waals surface area (Å²) in [6.07, 6.45) is 6.27. The lowest BCUT2D eigenvalue weighted by molar-refractivity contribution is 0.578. The fraction of sp³-hybridized carbons (Fsp3) is 0.353. The highest BCUT2D eigenvalue weighted by Crippen LogP contribution is 2.36. The number of nitrogens with zero attached hydrogens (tertiary/aromatic N) is 1. The third-order valence-corrected chi connectivity index (χ3v) is 4.34. The average Bonchev–Trinajstić information content (AvgIpc) is 3.27. The van der Waals surface area contributed by atoms with Crippen molar-refractivity contribution in [2.24, 2.45) is 0 Å². The second kappa shape index (κ2) is 5.37. The van der Waals surface area contributed by atoms with Crippen LogP contribution in [0.15, 0.2) is 36.7 Å². The smallest absolute Gasteiger partial charge is 0.0609 e. The Morgan fingerprint density at radius 3 is 2.52 bits per heavy atom. The van der Waals surface area contributed by atoms with Gasteiger partial charge in [0, 0.05) is 29.5 Å². The molecule has 0 amide bonds. The van der Waals surface area contributed by atoms with Crippen molar-refractivity contribution in [3.05, 3.63) is 42.2 Å². The van der Waals surface area contributed by atoms with Crippen molar-refractivity contribution in [3.63, 3.8) is 0 Å². The molecule has 0 radical (unpaired) electrons. The van der Waals surface area contributed by atoms with Gasteiger partial charge in [-0.3, -0.25) is 4.98 Å². The zero-order valence-electron chi connectivity index (χ0n) is 12.6. The summed E-state index contributed by atoms with van der Waals surface area (Å²) in [6, 6.07) is 8.01. The predicted octanol–water partition coefficient (Wildman–Crippen LogP) is 2.80. The maximum absolute atomic E-state index is 5.79. The Balaban J connectivity index is 1.90. The number of rotatable bonds is 5. The van der Waals surface area contributed by atoms with E-state index < -0.39 is 0 Å². The Hall–Kier alpha value is -2.07. The molecule has 1 aliphatic rings. The number of hydrogen-bond acceptors (Lipinski definition) is 4. The Morgan fingerprint density at radius 1 is 1.19 bits per heavy atom. The number of benzene rings is 1. The minimum atomic E-state index is 0.266. The quantitative estimate of drug-likeness (QED) is 0.738. The molecule has 0 saturated heterocycles. The van der Waals surface area contributed by atoms with Gasteiger partial charge in [-0.25, -0.2) is 0 Å². The zero-order chi connectivity index (χ0) is 14.9. The van der Waals surface area contributed by atoms with Gasteiger partial charge in [-0.1, -0.05) is 12.1 Å². The van der Waals surface area contributed by atoms with Crippen LogP contribution in [0.3, 0.4) is 0 Å². The minimum absolute atomic E-state index is 0.266. The van der Waals surface area contributed by atoms with Gasteiger partial charge >= 0.3 is 0 Å². The number of anilines is 2. The molecule has 21 heavy (non-hydrogen) atoms. The SMILES string of the molecule is CNC1(CNc2cncc(C)c2-c2ccc(N)cc2)CC1. The second-order valence-electron chi connectivity index (χ2n) is 5.88. The van der Waals surface area contributed by atoms with E-state index in [-0.39, 0.29) is 5.54 Å². The van der Waals surface area contributed by atoms with Gasteiger partial charge in [0.25, 0.3) is 0 Å². The standard InChI is InChI=1S/C17H22N4/c1-12-9-20-10-15(21-11-17(19-2)7-8-17)16(12)13-3-5-14(18)6-4-13/h3-6,9-10,19,21H,7-8,11,18H2,1-2H3. The number of pyridine rings is 1. The van der Waals surface area contributed by atoms with Crippen molar-refractivity contribution in [3.8, 4) is 11.1 Å². The van der Waals surface area contributed by atoms with Gasteiger partial charge in [0.15, 0.2) is 0 Å². The third kappa shape index (κ3) is 2.85. The van der Waals surface area contributed by atoms with Crippen molar-refractivity contribution >= 4 is 11.4 Å². The molecule has 1 heterocycles. The molecule has 4 N–H and O–H groups in total. The first-order valence-corrected chi connectivity index (χ1v) is 7.37. The molecular weight excluding hydrogens is 260 g/mol. The molecular formula is C17H22N4. The molecule has 1 saturated carbocycles. The van der Waals surface area contributed by atoms with Crippen LogP contribution in [0.4, 0.5) is 11.4 Å². The number of aromatic nitrogens is 1. The Labute approximate surface area is 125 Å². The summed E-state index contributed by atoms with van der Waals surface area (Å²) in [5, 5.41) is 6.97. The molecule has 1 aromatic heterocycles. The van der Waals surface area contributed by atoms with E-state index in [1.165, 1.54) is 29.5 Å². The fourth-order valence-corrected chi connectivity index (χ4v) is 2.66. The molecule has 2 aromatic rings. The molecule has 0 unspecified atom stereocenters. The Morgan fingerprint density at radius 2 is 1.90 bits per heavy atom. The lowest BCUT2D eigenvalue weighted by Crippen LogP contribution is -2.35. The van der Waals surface area contributed by atoms with E-state index in [2.05, 4.69) is 34.7 Å². The summed E-state index contributed by atoms with van der Waals surface area (Å²) in [5.74, 6) is 0. The largest absolute Gasteiger partial charge is 0.399 e. The normalized spacial score (nSPS) is 15.7. The molecule has 4 nitrogen and oxygen atoms in total. The summed E-state index contributed by atoms with van der Waals surface area (Å²) in [5.41, 5.74) is 11.5. The summed E-state index contributed by atoms with van der Waals surface area (Å²) < 4.78 is 0. The van der Waals surface area contributed by atoms with Crippen LogP contribution in [0.5, 0.6) is 0 Å². The Kier molecular flexibility index (Phi) is 3.55. The number of hydrogen-bond donors (Lipinski definition) is 3. The second-order valence-corrected chi connectivity index (χ2v) is 5.88. The van der Waals surface area contributed by atoms with Crippen LogP contribution in [-0.4, -0.2) is 24.1 Å². The zero-order valence-corrected chi connectivity index (χ0v) is 12.6. The molecule has 1 fully saturated rings. The monoisotopic (exact) mass is 282 g/mol. The fourth-order valence-electron chi connectivity index (χ4n) is 2.66. The van der Waals surface area contributed by atoms with E-state index in [1.54, 1.807) is 0 Å². The van der Waals surface area contributed by atoms with E-state index >= 15 is 0 Å². The van der Waals surface area contributed by atoms with Gasteiger partial charge in [-0.15, -0.1) is 0 Å². The number of nitrogens with two attached hydrogens (primary N) is 1. The Bertz CT molecular complexity index is 630. The van der Waals surface area contributed by atoms with E-state index in [1.807, 2.05) is 31.6 Å². The summed E-state index contributed by atoms with van der Waals surface area (Å²) >= 11 is 0. The van der Waals surface area contributed by atoms with Crippen LogP contribution < -0.4 is 16.4 Å². The average molecular weight is 282 g/mol. The van der Waals surface area contributed by atoms with E-state index in [4.69, 9.17) is 5.73 Å². The molecule has 3 rings (SSSR count). The summed E-state index contributed by atoms with van der Waals surface area (Å²) in [6.45, 7) is 3.02. The van der Waals surface area contributed by atoms with Crippen LogP contribution >= 0.6 is 0 Å². The van der Waals surface area contributed by atoms with Crippen molar-refractivity contribution in [1.82, 2.24) is 10.3 Å². The summed E-state index contributed by atoms with van der Waals surface area (Å²) in [7, 11) is 2.03. The molecule has 0 bridgehead atoms. The number of nitrogens with one attached hydrogen (secondary N) is 2. The lowest BCUT2D eigenvalue weighted by Gasteiger charge is -2.19. The third-order valence-electron chi connectivity index (χ3n) is 4.34. The first kappa shape index (κ1) is 13.9. The topological polar surface area (TPSA) is 63.0 Å². The van der Waals surface area contributed by atoms with Gasteiger partial charge < -0.3 is 16.4 Å². The van der Waals surface area contributed by atoms with Crippen molar-refractivity contribution in [1.29, 1.82) is 0 Å². The van der Waals surface area contributed by atoms with Crippen LogP contribution in [0.2, 0.25) is 0 Å². The molecule has 1 aliphatic carbocycles. The lowest BCUT2D eigenvalue weighted by atomic mass is 10.0. The highest BCUT2D eigenvalue weighted by molar-refractivity contribution is 5.80. The van der Waals surface area contributed by atoms with Crippen molar-refractivity contribution in [2.75, 3.05) is 24.6 Å². The van der Waals surface area contributed by atoms with E-state index in [9.17, 15) is 0 Å². The van der Waals surface area contributed by atoms with E-state index in [0.29, 0.717) is 0 Å². The van der Waals surface area contributed by atoms with Crippen LogP contribution in [-0.2, 0) is 0 Å². The minimum Gasteiger partial charge on any atom is -0.399 e. The maximum atomic E-state index is 5.79.